The van der Waals surface area contributed by atoms with Crippen molar-refractivity contribution in [3.63, 3.8) is 0 Å². The van der Waals surface area contributed by atoms with Crippen LogP contribution in [0.2, 0.25) is 5.02 Å². The van der Waals surface area contributed by atoms with Gasteiger partial charge in [-0.2, -0.15) is 9.97 Å². The molecule has 0 unspecified atom stereocenters. The summed E-state index contributed by atoms with van der Waals surface area (Å²) < 4.78 is 70.4. The molecular weight excluding hydrogens is 512 g/mol. The van der Waals surface area contributed by atoms with E-state index in [2.05, 4.69) is 30.0 Å². The van der Waals surface area contributed by atoms with E-state index in [9.17, 15) is 17.2 Å². The molecule has 0 aliphatic carbocycles. The fraction of sp³-hybridized carbons (Fsp3) is 0.263. The molecule has 0 atom stereocenters. The van der Waals surface area contributed by atoms with E-state index in [1.165, 1.54) is 31.2 Å². The van der Waals surface area contributed by atoms with Gasteiger partial charge >= 0.3 is 0 Å². The number of hydrogen-bond acceptors (Lipinski definition) is 9. The molecule has 0 fully saturated rings. The van der Waals surface area contributed by atoms with Crippen LogP contribution in [0.1, 0.15) is 0 Å². The summed E-state index contributed by atoms with van der Waals surface area (Å²) >= 11 is 6.36. The Hall–Kier alpha value is -3.72. The van der Waals surface area contributed by atoms with Crippen LogP contribution < -0.4 is 18.9 Å². The average molecular weight is 530 g/mol. The van der Waals surface area contributed by atoms with E-state index in [1.54, 1.807) is 19.3 Å². The number of aromatic amines is 1. The van der Waals surface area contributed by atoms with Crippen molar-refractivity contribution in [3.05, 3.63) is 29.5 Å². The molecule has 0 amide bonds. The molecule has 0 bridgehead atoms. The third-order valence-corrected chi connectivity index (χ3v) is 6.37. The monoisotopic (exact) mass is 529 g/mol. The van der Waals surface area contributed by atoms with Gasteiger partial charge in [0.2, 0.25) is 11.7 Å². The number of nitrogens with zero attached hydrogens (tertiary/aromatic N) is 5. The number of benzene rings is 1. The molecule has 3 aromatic heterocycles. The first-order valence-corrected chi connectivity index (χ1v) is 11.6. The molecular formula is C19H18ClF2N7O5S. The third-order valence-electron chi connectivity index (χ3n) is 4.69. The van der Waals surface area contributed by atoms with E-state index in [0.717, 1.165) is 0 Å². The van der Waals surface area contributed by atoms with E-state index in [0.29, 0.717) is 27.2 Å². The minimum atomic E-state index is -4.25. The van der Waals surface area contributed by atoms with Crippen molar-refractivity contribution >= 4 is 38.5 Å². The Labute approximate surface area is 202 Å². The zero-order valence-electron chi connectivity index (χ0n) is 18.4. The van der Waals surface area contributed by atoms with Crippen LogP contribution in [0.15, 0.2) is 29.4 Å². The fourth-order valence-corrected chi connectivity index (χ4v) is 4.63. The van der Waals surface area contributed by atoms with Gasteiger partial charge in [-0.1, -0.05) is 16.8 Å². The van der Waals surface area contributed by atoms with Crippen molar-refractivity contribution in [1.29, 1.82) is 0 Å². The Kier molecular flexibility index (Phi) is 6.62. The maximum absolute atomic E-state index is 13.2. The van der Waals surface area contributed by atoms with Gasteiger partial charge in [0.1, 0.15) is 17.2 Å². The summed E-state index contributed by atoms with van der Waals surface area (Å²) in [6.45, 7) is -0.965. The van der Waals surface area contributed by atoms with Crippen molar-refractivity contribution in [2.75, 3.05) is 25.5 Å². The van der Waals surface area contributed by atoms with E-state index in [4.69, 9.17) is 25.8 Å². The third kappa shape index (κ3) is 4.77. The molecule has 0 saturated heterocycles. The minimum absolute atomic E-state index is 0.131. The van der Waals surface area contributed by atoms with Gasteiger partial charge in [0.15, 0.2) is 0 Å². The second kappa shape index (κ2) is 9.50. The summed E-state index contributed by atoms with van der Waals surface area (Å²) in [5.41, 5.74) is 1.34. The molecule has 4 aromatic rings. The molecule has 4 rings (SSSR count). The quantitative estimate of drug-likeness (QED) is 0.334. The Morgan fingerprint density at radius 2 is 1.89 bits per heavy atom. The molecule has 1 aromatic carbocycles. The van der Waals surface area contributed by atoms with Gasteiger partial charge in [0.25, 0.3) is 28.2 Å². The lowest BCUT2D eigenvalue weighted by Gasteiger charge is -2.14. The Morgan fingerprint density at radius 1 is 1.20 bits per heavy atom. The maximum atomic E-state index is 13.2. The van der Waals surface area contributed by atoms with E-state index in [-0.39, 0.29) is 22.4 Å². The van der Waals surface area contributed by atoms with Crippen molar-refractivity contribution in [1.82, 2.24) is 29.9 Å². The van der Waals surface area contributed by atoms with Crippen LogP contribution in [0.5, 0.6) is 17.5 Å². The molecule has 16 heteroatoms. The van der Waals surface area contributed by atoms with E-state index < -0.39 is 29.0 Å². The number of hydrogen-bond donors (Lipinski definition) is 2. The first-order valence-electron chi connectivity index (χ1n) is 9.74. The minimum Gasteiger partial charge on any atom is -0.478 e. The summed E-state index contributed by atoms with van der Waals surface area (Å²) in [5.74, 6) is -1.33. The highest BCUT2D eigenvalue weighted by Crippen LogP contribution is 2.38. The van der Waals surface area contributed by atoms with Gasteiger partial charge in [-0.15, -0.1) is 5.10 Å². The number of rotatable bonds is 9. The fourth-order valence-electron chi connectivity index (χ4n) is 3.26. The lowest BCUT2D eigenvalue weighted by atomic mass is 10.1. The summed E-state index contributed by atoms with van der Waals surface area (Å²) in [5, 5.41) is 8.59. The van der Waals surface area contributed by atoms with Crippen LogP contribution in [0.3, 0.4) is 0 Å². The first kappa shape index (κ1) is 24.4. The van der Waals surface area contributed by atoms with Crippen molar-refractivity contribution in [2.24, 2.45) is 7.05 Å². The Bertz CT molecular complexity index is 1470. The molecule has 0 aliphatic heterocycles. The summed E-state index contributed by atoms with van der Waals surface area (Å²) in [6, 6.07) is 3.07. The zero-order valence-corrected chi connectivity index (χ0v) is 20.0. The lowest BCUT2D eigenvalue weighted by molar-refractivity contribution is 0.0781. The molecule has 12 nitrogen and oxygen atoms in total. The Balaban J connectivity index is 1.74. The maximum Gasteiger partial charge on any atom is 0.272 e. The topological polar surface area (TPSA) is 146 Å². The molecule has 35 heavy (non-hydrogen) atoms. The SMILES string of the molecule is COc1nc(NS(=O)(=O)c2c[nH]c3c(-c4cn(C)nn4)c(Cl)ccc23)nc(OC)c1OCC(F)F. The van der Waals surface area contributed by atoms with Crippen molar-refractivity contribution in [2.45, 2.75) is 11.3 Å². The number of fused-ring (bicyclic) bond motifs is 1. The molecule has 0 aliphatic rings. The molecule has 3 heterocycles. The second-order valence-electron chi connectivity index (χ2n) is 6.98. The average Bonchev–Trinajstić information content (AvgIpc) is 3.43. The number of methoxy groups -OCH3 is 2. The highest BCUT2D eigenvalue weighted by molar-refractivity contribution is 7.93. The van der Waals surface area contributed by atoms with Gasteiger partial charge < -0.3 is 19.2 Å². The number of aryl methyl sites for hydroxylation is 1. The highest BCUT2D eigenvalue weighted by Gasteiger charge is 2.26. The highest BCUT2D eigenvalue weighted by atomic mass is 35.5. The number of alkyl halides is 2. The van der Waals surface area contributed by atoms with Gasteiger partial charge in [-0.05, 0) is 12.1 Å². The first-order chi connectivity index (χ1) is 16.6. The smallest absolute Gasteiger partial charge is 0.272 e. The largest absolute Gasteiger partial charge is 0.478 e. The zero-order chi connectivity index (χ0) is 25.3. The van der Waals surface area contributed by atoms with Crippen LogP contribution in [-0.2, 0) is 17.1 Å². The number of ether oxygens (including phenoxy) is 3. The van der Waals surface area contributed by atoms with Crippen LogP contribution in [-0.4, -0.2) is 65.6 Å². The van der Waals surface area contributed by atoms with E-state index >= 15 is 0 Å². The van der Waals surface area contributed by atoms with E-state index in [1.807, 2.05) is 0 Å². The standard InChI is InChI=1S/C19H18ClF2N7O5S/c1-29-7-11(26-28-29)14-10(20)5-4-9-12(6-23-15(9)14)35(30,31)27-19-24-17(32-2)16(18(25-19)33-3)34-8-13(21)22/h4-7,13,23H,8H2,1-3H3,(H,24,25,27). The number of anilines is 1. The van der Waals surface area contributed by atoms with Crippen molar-refractivity contribution < 1.29 is 31.4 Å². The number of H-pyrrole nitrogens is 1. The number of aromatic nitrogens is 6. The predicted molar refractivity (Wildman–Crippen MR) is 121 cm³/mol. The normalized spacial score (nSPS) is 11.7. The molecule has 186 valence electrons. The van der Waals surface area contributed by atoms with Crippen LogP contribution in [0, 0.1) is 0 Å². The van der Waals surface area contributed by atoms with Crippen LogP contribution in [0.4, 0.5) is 14.7 Å². The molecule has 2 N–H and O–H groups in total. The van der Waals surface area contributed by atoms with Crippen LogP contribution >= 0.6 is 11.6 Å². The second-order valence-corrected chi connectivity index (χ2v) is 9.04. The molecule has 0 spiro atoms. The number of sulfonamides is 1. The molecule has 0 radical (unpaired) electrons. The van der Waals surface area contributed by atoms with Crippen LogP contribution in [0.25, 0.3) is 22.2 Å². The summed E-state index contributed by atoms with van der Waals surface area (Å²) in [7, 11) is -0.166. The number of halogens is 3. The van der Waals surface area contributed by atoms with Gasteiger partial charge in [0.05, 0.1) is 31.0 Å². The van der Waals surface area contributed by atoms with Gasteiger partial charge in [-0.3, -0.25) is 4.68 Å². The van der Waals surface area contributed by atoms with Crippen molar-refractivity contribution in [3.8, 4) is 28.8 Å². The van der Waals surface area contributed by atoms with Gasteiger partial charge in [0, 0.05) is 24.2 Å². The summed E-state index contributed by atoms with van der Waals surface area (Å²) in [6.07, 6.45) is 0.139. The summed E-state index contributed by atoms with van der Waals surface area (Å²) in [4.78, 5) is 10.6. The molecule has 0 saturated carbocycles. The Morgan fingerprint density at radius 3 is 2.46 bits per heavy atom. The van der Waals surface area contributed by atoms with Gasteiger partial charge in [-0.25, -0.2) is 21.9 Å². The lowest BCUT2D eigenvalue weighted by Crippen LogP contribution is -2.16. The predicted octanol–water partition coefficient (Wildman–Crippen LogP) is 2.87. The number of nitrogens with one attached hydrogen (secondary N) is 2.